The molecule has 0 aromatic heterocycles. The maximum Gasteiger partial charge on any atom is 0.0726 e. The van der Waals surface area contributed by atoms with E-state index in [1.165, 1.54) is 11.3 Å². The zero-order chi connectivity index (χ0) is 12.8. The molecule has 1 aromatic carbocycles. The zero-order valence-corrected chi connectivity index (χ0v) is 11.7. The summed E-state index contributed by atoms with van der Waals surface area (Å²) in [6, 6.07) is 8.72. The highest BCUT2D eigenvalue weighted by Crippen LogP contribution is 2.20. The molecule has 0 aliphatic carbocycles. The monoisotopic (exact) mass is 235 g/mol. The fraction of sp³-hybridized carbons (Fsp3) is 0.600. The van der Waals surface area contributed by atoms with Crippen molar-refractivity contribution in [1.29, 1.82) is 0 Å². The van der Waals surface area contributed by atoms with Gasteiger partial charge in [-0.05, 0) is 32.9 Å². The Bertz CT molecular complexity index is 310. The van der Waals surface area contributed by atoms with Crippen LogP contribution in [0.15, 0.2) is 24.3 Å². The van der Waals surface area contributed by atoms with Crippen LogP contribution in [0, 0.1) is 6.92 Å². The Morgan fingerprint density at radius 1 is 1.00 bits per heavy atom. The van der Waals surface area contributed by atoms with Gasteiger partial charge in [-0.15, -0.1) is 0 Å². The molecule has 2 atom stereocenters. The fourth-order valence-corrected chi connectivity index (χ4v) is 2.14. The van der Waals surface area contributed by atoms with Crippen LogP contribution in [0.3, 0.4) is 0 Å². The molecule has 1 heterocycles. The third-order valence-electron chi connectivity index (χ3n) is 2.82. The molecule has 2 rings (SSSR count). The number of anilines is 1. The lowest BCUT2D eigenvalue weighted by atomic mass is 10.1. The van der Waals surface area contributed by atoms with Crippen molar-refractivity contribution in [2.75, 3.05) is 18.0 Å². The molecule has 1 fully saturated rings. The highest BCUT2D eigenvalue weighted by molar-refractivity contribution is 5.48. The molecule has 17 heavy (non-hydrogen) atoms. The van der Waals surface area contributed by atoms with Crippen LogP contribution >= 0.6 is 0 Å². The molecule has 0 N–H and O–H groups in total. The standard InChI is InChI=1S/C13H19NO.C2H6/c1-10-4-6-13(7-5-10)14-8-11(2)15-12(3)9-14;1-2/h4-7,11-12H,8-9H2,1-3H3;1-2H3/t11-,12-;/m1./s1. The van der Waals surface area contributed by atoms with Gasteiger partial charge in [-0.3, -0.25) is 0 Å². The second kappa shape index (κ2) is 6.65. The van der Waals surface area contributed by atoms with Crippen LogP contribution in [0.5, 0.6) is 0 Å². The van der Waals surface area contributed by atoms with Crippen molar-refractivity contribution in [3.63, 3.8) is 0 Å². The van der Waals surface area contributed by atoms with Crippen LogP contribution in [-0.4, -0.2) is 25.3 Å². The molecule has 1 aliphatic heterocycles. The lowest BCUT2D eigenvalue weighted by Gasteiger charge is -2.36. The quantitative estimate of drug-likeness (QED) is 0.737. The molecule has 0 bridgehead atoms. The van der Waals surface area contributed by atoms with Gasteiger partial charge in [0.05, 0.1) is 12.2 Å². The molecule has 0 radical (unpaired) electrons. The third-order valence-corrected chi connectivity index (χ3v) is 2.82. The van der Waals surface area contributed by atoms with Crippen molar-refractivity contribution < 1.29 is 4.74 Å². The first-order valence-electron chi connectivity index (χ1n) is 6.62. The van der Waals surface area contributed by atoms with E-state index in [9.17, 15) is 0 Å². The fourth-order valence-electron chi connectivity index (χ4n) is 2.14. The topological polar surface area (TPSA) is 12.5 Å². The van der Waals surface area contributed by atoms with E-state index in [0.29, 0.717) is 12.2 Å². The van der Waals surface area contributed by atoms with E-state index < -0.39 is 0 Å². The smallest absolute Gasteiger partial charge is 0.0726 e. The summed E-state index contributed by atoms with van der Waals surface area (Å²) in [5.41, 5.74) is 2.62. The molecule has 0 amide bonds. The van der Waals surface area contributed by atoms with E-state index >= 15 is 0 Å². The van der Waals surface area contributed by atoms with Gasteiger partial charge in [-0.25, -0.2) is 0 Å². The van der Waals surface area contributed by atoms with Crippen molar-refractivity contribution in [2.24, 2.45) is 0 Å². The van der Waals surface area contributed by atoms with Crippen LogP contribution in [0.1, 0.15) is 33.3 Å². The van der Waals surface area contributed by atoms with E-state index in [2.05, 4.69) is 49.9 Å². The average Bonchev–Trinajstić information content (AvgIpc) is 2.31. The minimum absolute atomic E-state index is 0.329. The third kappa shape index (κ3) is 4.04. The molecular weight excluding hydrogens is 210 g/mol. The highest BCUT2D eigenvalue weighted by Gasteiger charge is 2.21. The van der Waals surface area contributed by atoms with E-state index in [4.69, 9.17) is 4.74 Å². The van der Waals surface area contributed by atoms with Gasteiger partial charge in [0, 0.05) is 18.8 Å². The number of benzene rings is 1. The minimum Gasteiger partial charge on any atom is -0.372 e. The van der Waals surface area contributed by atoms with Crippen LogP contribution < -0.4 is 4.90 Å². The number of nitrogens with zero attached hydrogens (tertiary/aromatic N) is 1. The number of aryl methyl sites for hydroxylation is 1. The summed E-state index contributed by atoms with van der Waals surface area (Å²) in [4.78, 5) is 2.40. The number of hydrogen-bond donors (Lipinski definition) is 0. The average molecular weight is 235 g/mol. The Labute approximate surface area is 106 Å². The number of morpholine rings is 1. The second-order valence-electron chi connectivity index (χ2n) is 4.50. The van der Waals surface area contributed by atoms with Crippen LogP contribution in [-0.2, 0) is 4.74 Å². The van der Waals surface area contributed by atoms with Gasteiger partial charge in [0.1, 0.15) is 0 Å². The van der Waals surface area contributed by atoms with E-state index in [1.54, 1.807) is 0 Å². The van der Waals surface area contributed by atoms with E-state index in [-0.39, 0.29) is 0 Å². The predicted molar refractivity (Wildman–Crippen MR) is 74.7 cm³/mol. The normalized spacial score (nSPS) is 23.9. The highest BCUT2D eigenvalue weighted by atomic mass is 16.5. The van der Waals surface area contributed by atoms with Crippen molar-refractivity contribution in [2.45, 2.75) is 46.8 Å². The Kier molecular flexibility index (Phi) is 5.49. The van der Waals surface area contributed by atoms with Gasteiger partial charge in [0.25, 0.3) is 0 Å². The van der Waals surface area contributed by atoms with Crippen molar-refractivity contribution in [3.05, 3.63) is 29.8 Å². The Balaban J connectivity index is 0.000000686. The van der Waals surface area contributed by atoms with Crippen molar-refractivity contribution >= 4 is 5.69 Å². The van der Waals surface area contributed by atoms with Gasteiger partial charge in [-0.1, -0.05) is 31.5 Å². The summed E-state index contributed by atoms with van der Waals surface area (Å²) in [6.45, 7) is 12.4. The molecule has 1 saturated heterocycles. The summed E-state index contributed by atoms with van der Waals surface area (Å²) < 4.78 is 5.72. The first-order valence-corrected chi connectivity index (χ1v) is 6.62. The molecule has 1 aromatic rings. The van der Waals surface area contributed by atoms with E-state index in [1.807, 2.05) is 13.8 Å². The summed E-state index contributed by atoms with van der Waals surface area (Å²) in [5.74, 6) is 0. The summed E-state index contributed by atoms with van der Waals surface area (Å²) in [5, 5.41) is 0. The number of ether oxygens (including phenoxy) is 1. The lowest BCUT2D eigenvalue weighted by molar-refractivity contribution is -0.00521. The lowest BCUT2D eigenvalue weighted by Crippen LogP contribution is -2.45. The molecule has 0 saturated carbocycles. The van der Waals surface area contributed by atoms with Gasteiger partial charge < -0.3 is 9.64 Å². The first-order chi connectivity index (χ1) is 8.15. The van der Waals surface area contributed by atoms with Gasteiger partial charge in [0.15, 0.2) is 0 Å². The zero-order valence-electron chi connectivity index (χ0n) is 11.7. The molecule has 2 heteroatoms. The van der Waals surface area contributed by atoms with Crippen LogP contribution in [0.2, 0.25) is 0 Å². The van der Waals surface area contributed by atoms with Crippen LogP contribution in [0.25, 0.3) is 0 Å². The molecule has 96 valence electrons. The van der Waals surface area contributed by atoms with Gasteiger partial charge >= 0.3 is 0 Å². The van der Waals surface area contributed by atoms with Gasteiger partial charge in [0.2, 0.25) is 0 Å². The summed E-state index contributed by atoms with van der Waals surface area (Å²) in [7, 11) is 0. The summed E-state index contributed by atoms with van der Waals surface area (Å²) in [6.07, 6.45) is 0.658. The molecule has 2 nitrogen and oxygen atoms in total. The minimum atomic E-state index is 0.329. The molecular formula is C15H25NO. The number of hydrogen-bond acceptors (Lipinski definition) is 2. The van der Waals surface area contributed by atoms with Crippen molar-refractivity contribution in [1.82, 2.24) is 0 Å². The van der Waals surface area contributed by atoms with Crippen molar-refractivity contribution in [3.8, 4) is 0 Å². The SMILES string of the molecule is CC.Cc1ccc(N2C[C@@H](C)O[C@H](C)C2)cc1. The maximum absolute atomic E-state index is 5.72. The summed E-state index contributed by atoms with van der Waals surface area (Å²) >= 11 is 0. The Morgan fingerprint density at radius 2 is 1.47 bits per heavy atom. The van der Waals surface area contributed by atoms with Gasteiger partial charge in [-0.2, -0.15) is 0 Å². The molecule has 0 unspecified atom stereocenters. The Morgan fingerprint density at radius 3 is 1.94 bits per heavy atom. The maximum atomic E-state index is 5.72. The van der Waals surface area contributed by atoms with E-state index in [0.717, 1.165) is 13.1 Å². The predicted octanol–water partition coefficient (Wildman–Crippen LogP) is 3.63. The Hall–Kier alpha value is -1.02. The largest absolute Gasteiger partial charge is 0.372 e. The molecule has 1 aliphatic rings. The number of rotatable bonds is 1. The first kappa shape index (κ1) is 14.0. The van der Waals surface area contributed by atoms with Crippen LogP contribution in [0.4, 0.5) is 5.69 Å². The second-order valence-corrected chi connectivity index (χ2v) is 4.50. The molecule has 0 spiro atoms.